The fraction of sp³-hybridized carbons (Fsp3) is 1.00. The van der Waals surface area contributed by atoms with E-state index in [2.05, 4.69) is 13.8 Å². The monoisotopic (exact) mass is 150 g/mol. The van der Waals surface area contributed by atoms with Gasteiger partial charge in [0, 0.05) is 0 Å². The van der Waals surface area contributed by atoms with E-state index in [-0.39, 0.29) is 7.27 Å². The van der Waals surface area contributed by atoms with Crippen molar-refractivity contribution in [1.29, 1.82) is 0 Å². The molecule has 1 aliphatic rings. The summed E-state index contributed by atoms with van der Waals surface area (Å²) in [5.74, 6) is 0. The van der Waals surface area contributed by atoms with Gasteiger partial charge >= 0.3 is 0 Å². The Morgan fingerprint density at radius 2 is 2.00 bits per heavy atom. The summed E-state index contributed by atoms with van der Waals surface area (Å²) in [5.41, 5.74) is 1.66. The van der Waals surface area contributed by atoms with E-state index in [0.717, 1.165) is 11.3 Å². The molecule has 2 heteroatoms. The van der Waals surface area contributed by atoms with Gasteiger partial charge in [-0.25, -0.2) is 0 Å². The van der Waals surface area contributed by atoms with Crippen molar-refractivity contribution in [1.82, 2.24) is 0 Å². The molecule has 0 radical (unpaired) electrons. The third-order valence-corrected chi connectivity index (χ3v) is 5.59. The van der Waals surface area contributed by atoms with Crippen molar-refractivity contribution in [3.63, 3.8) is 0 Å². The van der Waals surface area contributed by atoms with Crippen LogP contribution in [-0.4, -0.2) is 11.3 Å². The van der Waals surface area contributed by atoms with E-state index in [1.807, 2.05) is 0 Å². The zero-order chi connectivity index (χ0) is 6.15. The van der Waals surface area contributed by atoms with Crippen LogP contribution in [0.1, 0.15) is 26.7 Å². The highest BCUT2D eigenvalue weighted by atomic mass is 35.7. The summed E-state index contributed by atoms with van der Waals surface area (Å²) in [6.07, 6.45) is 2.79. The number of hydrogen-bond acceptors (Lipinski definition) is 0. The quantitative estimate of drug-likeness (QED) is 0.531. The van der Waals surface area contributed by atoms with Gasteiger partial charge in [0.15, 0.2) is 0 Å². The molecule has 1 atom stereocenters. The Balaban J connectivity index is 2.22. The Hall–Kier alpha value is 0.720. The lowest BCUT2D eigenvalue weighted by Gasteiger charge is -2.10. The van der Waals surface area contributed by atoms with Crippen LogP contribution < -0.4 is 0 Å². The second-order valence-electron chi connectivity index (χ2n) is 2.67. The number of rotatable bonds is 2. The van der Waals surface area contributed by atoms with E-state index in [1.165, 1.54) is 12.8 Å². The van der Waals surface area contributed by atoms with E-state index in [4.69, 9.17) is 11.2 Å². The summed E-state index contributed by atoms with van der Waals surface area (Å²) >= 11 is 6.08. The van der Waals surface area contributed by atoms with Crippen molar-refractivity contribution in [2.45, 2.75) is 38.0 Å². The van der Waals surface area contributed by atoms with Crippen LogP contribution in [0.5, 0.6) is 0 Å². The van der Waals surface area contributed by atoms with Gasteiger partial charge in [0.05, 0.1) is 0 Å². The highest BCUT2D eigenvalue weighted by molar-refractivity contribution is 7.85. The van der Waals surface area contributed by atoms with Gasteiger partial charge in [-0.1, -0.05) is 25.1 Å². The molecule has 0 amide bonds. The minimum atomic E-state index is -0.115. The van der Waals surface area contributed by atoms with Crippen molar-refractivity contribution in [2.24, 2.45) is 0 Å². The summed E-state index contributed by atoms with van der Waals surface area (Å²) in [4.78, 5) is 0. The fourth-order valence-corrected chi connectivity index (χ4v) is 2.81. The maximum absolute atomic E-state index is 6.08. The molecule has 1 rings (SSSR count). The minimum Gasteiger partial charge on any atom is -0.0959 e. The molecule has 48 valence electrons. The fourth-order valence-electron chi connectivity index (χ4n) is 0.743. The maximum Gasteiger partial charge on any atom is -0.00395 e. The number of hydrogen-bond donors (Lipinski definition) is 0. The first-order chi connectivity index (χ1) is 3.72. The van der Waals surface area contributed by atoms with Gasteiger partial charge in [-0.3, -0.25) is 0 Å². The standard InChI is InChI=1S/C6H12ClP/c1-5(2)8(7)6-3-4-6/h5-6H,3-4H2,1-2H3. The molecule has 0 aliphatic heterocycles. The molecule has 0 nitrogen and oxygen atoms in total. The molecule has 0 saturated heterocycles. The molecule has 1 saturated carbocycles. The normalized spacial score (nSPS) is 24.0. The predicted octanol–water partition coefficient (Wildman–Crippen LogP) is 3.19. The molecule has 0 aromatic rings. The number of halogens is 1. The van der Waals surface area contributed by atoms with Crippen LogP contribution in [0.2, 0.25) is 0 Å². The molecular formula is C6H12ClP. The Kier molecular flexibility index (Phi) is 2.17. The average Bonchev–Trinajstić information content (AvgIpc) is 2.43. The van der Waals surface area contributed by atoms with E-state index in [9.17, 15) is 0 Å². The van der Waals surface area contributed by atoms with Gasteiger partial charge < -0.3 is 0 Å². The summed E-state index contributed by atoms with van der Waals surface area (Å²) in [6, 6.07) is 0. The summed E-state index contributed by atoms with van der Waals surface area (Å²) < 4.78 is 0. The first-order valence-corrected chi connectivity index (χ1v) is 5.54. The van der Waals surface area contributed by atoms with Gasteiger partial charge in [0.1, 0.15) is 0 Å². The molecule has 1 fully saturated rings. The molecule has 1 aliphatic carbocycles. The largest absolute Gasteiger partial charge is 0.0959 e. The average molecular weight is 151 g/mol. The first-order valence-electron chi connectivity index (χ1n) is 3.16. The van der Waals surface area contributed by atoms with Crippen molar-refractivity contribution in [2.75, 3.05) is 0 Å². The van der Waals surface area contributed by atoms with Crippen LogP contribution in [0.15, 0.2) is 0 Å². The molecular weight excluding hydrogens is 138 g/mol. The lowest BCUT2D eigenvalue weighted by molar-refractivity contribution is 1.09. The minimum absolute atomic E-state index is 0.115. The van der Waals surface area contributed by atoms with Crippen LogP contribution >= 0.6 is 18.5 Å². The van der Waals surface area contributed by atoms with Crippen molar-refractivity contribution in [3.8, 4) is 0 Å². The second kappa shape index (κ2) is 2.54. The molecule has 8 heavy (non-hydrogen) atoms. The molecule has 0 aromatic carbocycles. The van der Waals surface area contributed by atoms with Crippen LogP contribution in [0.25, 0.3) is 0 Å². The summed E-state index contributed by atoms with van der Waals surface area (Å²) in [7, 11) is -0.115. The van der Waals surface area contributed by atoms with Crippen LogP contribution in [0.3, 0.4) is 0 Å². The Morgan fingerprint density at radius 1 is 1.50 bits per heavy atom. The highest BCUT2D eigenvalue weighted by Crippen LogP contribution is 2.60. The van der Waals surface area contributed by atoms with E-state index in [0.29, 0.717) is 0 Å². The lowest BCUT2D eigenvalue weighted by atomic mass is 10.6. The van der Waals surface area contributed by atoms with Gasteiger partial charge in [-0.05, 0) is 31.4 Å². The van der Waals surface area contributed by atoms with Gasteiger partial charge in [0.2, 0.25) is 0 Å². The zero-order valence-electron chi connectivity index (χ0n) is 5.39. The second-order valence-corrected chi connectivity index (χ2v) is 6.29. The Labute approximate surface area is 57.2 Å². The van der Waals surface area contributed by atoms with Crippen LogP contribution in [0, 0.1) is 0 Å². The SMILES string of the molecule is CC(C)P(Cl)C1CC1. The van der Waals surface area contributed by atoms with Crippen LogP contribution in [0.4, 0.5) is 0 Å². The summed E-state index contributed by atoms with van der Waals surface area (Å²) in [6.45, 7) is 4.44. The van der Waals surface area contributed by atoms with Crippen LogP contribution in [-0.2, 0) is 0 Å². The topological polar surface area (TPSA) is 0 Å². The lowest BCUT2D eigenvalue weighted by Crippen LogP contribution is -1.90. The third-order valence-electron chi connectivity index (χ3n) is 1.39. The van der Waals surface area contributed by atoms with E-state index >= 15 is 0 Å². The van der Waals surface area contributed by atoms with Crippen molar-refractivity contribution >= 4 is 18.5 Å². The molecule has 0 N–H and O–H groups in total. The van der Waals surface area contributed by atoms with Crippen molar-refractivity contribution < 1.29 is 0 Å². The molecule has 1 unspecified atom stereocenters. The first kappa shape index (κ1) is 6.83. The van der Waals surface area contributed by atoms with Crippen molar-refractivity contribution in [3.05, 3.63) is 0 Å². The molecule has 0 spiro atoms. The van der Waals surface area contributed by atoms with E-state index in [1.54, 1.807) is 0 Å². The Morgan fingerprint density at radius 3 is 2.12 bits per heavy atom. The van der Waals surface area contributed by atoms with Gasteiger partial charge in [0.25, 0.3) is 0 Å². The molecule has 0 aromatic heterocycles. The van der Waals surface area contributed by atoms with E-state index < -0.39 is 0 Å². The predicted molar refractivity (Wildman–Crippen MR) is 40.9 cm³/mol. The zero-order valence-corrected chi connectivity index (χ0v) is 7.04. The Bertz CT molecular complexity index is 76.6. The maximum atomic E-state index is 6.08. The van der Waals surface area contributed by atoms with Gasteiger partial charge in [-0.2, -0.15) is 0 Å². The third kappa shape index (κ3) is 1.60. The molecule has 0 heterocycles. The van der Waals surface area contributed by atoms with Gasteiger partial charge in [-0.15, -0.1) is 0 Å². The smallest absolute Gasteiger partial charge is 0.00395 e. The summed E-state index contributed by atoms with van der Waals surface area (Å²) in [5, 5.41) is 0. The highest BCUT2D eigenvalue weighted by Gasteiger charge is 2.31. The molecule has 0 bridgehead atoms.